The van der Waals surface area contributed by atoms with Crippen molar-refractivity contribution in [2.24, 2.45) is 0 Å². The fourth-order valence-electron chi connectivity index (χ4n) is 3.02. The summed E-state index contributed by atoms with van der Waals surface area (Å²) in [5, 5.41) is 9.08. The van der Waals surface area contributed by atoms with Crippen LogP contribution in [0.15, 0.2) is 0 Å². The van der Waals surface area contributed by atoms with Crippen LogP contribution in [0.1, 0.15) is 90.4 Å². The molecule has 0 bridgehead atoms. The molecule has 24 heavy (non-hydrogen) atoms. The highest BCUT2D eigenvalue weighted by Gasteiger charge is 2.37. The van der Waals surface area contributed by atoms with Gasteiger partial charge in [-0.05, 0) is 6.42 Å². The molecule has 1 saturated heterocycles. The van der Waals surface area contributed by atoms with Gasteiger partial charge in [0, 0.05) is 6.42 Å². The summed E-state index contributed by atoms with van der Waals surface area (Å²) in [6.45, 7) is 1.93. The van der Waals surface area contributed by atoms with Gasteiger partial charge in [0.05, 0.1) is 13.0 Å². The quantitative estimate of drug-likeness (QED) is 0.383. The SMILES string of the molecule is CCCCCCCCCCCCCC(=O)O[C@@H]1CC(=O)O[C@H]1CO. The predicted molar refractivity (Wildman–Crippen MR) is 92.5 cm³/mol. The van der Waals surface area contributed by atoms with Crippen LogP contribution in [0.3, 0.4) is 0 Å². The van der Waals surface area contributed by atoms with Gasteiger partial charge in [-0.1, -0.05) is 71.1 Å². The van der Waals surface area contributed by atoms with Crippen LogP contribution in [0.2, 0.25) is 0 Å². The minimum absolute atomic E-state index is 0.0508. The van der Waals surface area contributed by atoms with E-state index in [0.717, 1.165) is 19.3 Å². The number of carbonyl (C=O) groups is 2. The zero-order valence-electron chi connectivity index (χ0n) is 15.1. The van der Waals surface area contributed by atoms with Crippen molar-refractivity contribution < 1.29 is 24.2 Å². The first-order valence-corrected chi connectivity index (χ1v) is 9.67. The van der Waals surface area contributed by atoms with Crippen LogP contribution in [-0.4, -0.2) is 35.9 Å². The fourth-order valence-corrected chi connectivity index (χ4v) is 3.02. The molecule has 1 aliphatic heterocycles. The van der Waals surface area contributed by atoms with E-state index in [1.54, 1.807) is 0 Å². The monoisotopic (exact) mass is 342 g/mol. The standard InChI is InChI=1S/C19H34O5/c1-2-3-4-5-6-7-8-9-10-11-12-13-18(21)23-16-14-19(22)24-17(16)15-20/h16-17,20H,2-15H2,1H3/t16-,17+/m1/s1. The smallest absolute Gasteiger partial charge is 0.310 e. The Bertz CT molecular complexity index is 356. The molecule has 140 valence electrons. The summed E-state index contributed by atoms with van der Waals surface area (Å²) in [5.74, 6) is -0.714. The zero-order chi connectivity index (χ0) is 17.6. The summed E-state index contributed by atoms with van der Waals surface area (Å²) in [7, 11) is 0. The van der Waals surface area contributed by atoms with Gasteiger partial charge in [0.1, 0.15) is 0 Å². The third kappa shape index (κ3) is 9.26. The van der Waals surface area contributed by atoms with Gasteiger partial charge in [0.2, 0.25) is 0 Å². The maximum atomic E-state index is 11.8. The Morgan fingerprint density at radius 3 is 2.12 bits per heavy atom. The Morgan fingerprint density at radius 1 is 1.04 bits per heavy atom. The molecule has 0 aromatic heterocycles. The molecule has 1 heterocycles. The normalized spacial score (nSPS) is 20.2. The first-order valence-electron chi connectivity index (χ1n) is 9.67. The molecule has 0 aliphatic carbocycles. The van der Waals surface area contributed by atoms with Crippen molar-refractivity contribution in [2.75, 3.05) is 6.61 Å². The largest absolute Gasteiger partial charge is 0.458 e. The van der Waals surface area contributed by atoms with Crippen LogP contribution < -0.4 is 0 Å². The van der Waals surface area contributed by atoms with E-state index in [1.165, 1.54) is 51.4 Å². The number of hydrogen-bond donors (Lipinski definition) is 1. The molecule has 0 aromatic carbocycles. The van der Waals surface area contributed by atoms with E-state index in [-0.39, 0.29) is 19.0 Å². The third-order valence-corrected chi connectivity index (χ3v) is 4.51. The number of esters is 2. The molecule has 5 nitrogen and oxygen atoms in total. The minimum atomic E-state index is -0.696. The molecule has 0 spiro atoms. The van der Waals surface area contributed by atoms with Crippen molar-refractivity contribution in [1.29, 1.82) is 0 Å². The minimum Gasteiger partial charge on any atom is -0.458 e. The van der Waals surface area contributed by atoms with Gasteiger partial charge in [0.25, 0.3) is 0 Å². The molecule has 2 atom stereocenters. The molecule has 1 N–H and O–H groups in total. The maximum absolute atomic E-state index is 11.8. The summed E-state index contributed by atoms with van der Waals surface area (Å²) in [6.07, 6.45) is 12.7. The number of aliphatic hydroxyl groups is 1. The van der Waals surface area contributed by atoms with Gasteiger partial charge in [-0.2, -0.15) is 0 Å². The lowest BCUT2D eigenvalue weighted by molar-refractivity contribution is -0.154. The van der Waals surface area contributed by atoms with Crippen LogP contribution in [0.4, 0.5) is 0 Å². The van der Waals surface area contributed by atoms with Gasteiger partial charge in [0.15, 0.2) is 12.2 Å². The summed E-state index contributed by atoms with van der Waals surface area (Å²) < 4.78 is 10.1. The average Bonchev–Trinajstić information content (AvgIpc) is 2.92. The number of cyclic esters (lactones) is 1. The Labute approximate surface area is 146 Å². The van der Waals surface area contributed by atoms with Crippen LogP contribution in [0.5, 0.6) is 0 Å². The van der Waals surface area contributed by atoms with Crippen LogP contribution in [-0.2, 0) is 19.1 Å². The highest BCUT2D eigenvalue weighted by molar-refractivity contribution is 5.74. The number of unbranched alkanes of at least 4 members (excludes halogenated alkanes) is 10. The molecule has 1 aliphatic rings. The molecule has 1 fully saturated rings. The van der Waals surface area contributed by atoms with Crippen LogP contribution >= 0.6 is 0 Å². The Kier molecular flexibility index (Phi) is 11.5. The molecule has 5 heteroatoms. The fraction of sp³-hybridized carbons (Fsp3) is 0.895. The van der Waals surface area contributed by atoms with E-state index in [9.17, 15) is 9.59 Å². The highest BCUT2D eigenvalue weighted by Crippen LogP contribution is 2.19. The second-order valence-electron chi connectivity index (χ2n) is 6.73. The summed E-state index contributed by atoms with van der Waals surface area (Å²) in [6, 6.07) is 0. The van der Waals surface area contributed by atoms with Crippen molar-refractivity contribution in [1.82, 2.24) is 0 Å². The van der Waals surface area contributed by atoms with Gasteiger partial charge < -0.3 is 14.6 Å². The topological polar surface area (TPSA) is 72.8 Å². The van der Waals surface area contributed by atoms with E-state index in [1.807, 2.05) is 0 Å². The van der Waals surface area contributed by atoms with Crippen LogP contribution in [0.25, 0.3) is 0 Å². The first-order chi connectivity index (χ1) is 11.7. The number of ether oxygens (including phenoxy) is 2. The second-order valence-corrected chi connectivity index (χ2v) is 6.73. The maximum Gasteiger partial charge on any atom is 0.310 e. The molecule has 0 saturated carbocycles. The van der Waals surface area contributed by atoms with E-state index < -0.39 is 18.2 Å². The van der Waals surface area contributed by atoms with E-state index in [0.29, 0.717) is 6.42 Å². The number of carbonyl (C=O) groups excluding carboxylic acids is 2. The van der Waals surface area contributed by atoms with Gasteiger partial charge in [-0.3, -0.25) is 9.59 Å². The molecule has 0 radical (unpaired) electrons. The highest BCUT2D eigenvalue weighted by atomic mass is 16.6. The van der Waals surface area contributed by atoms with Crippen molar-refractivity contribution in [3.8, 4) is 0 Å². The second kappa shape index (κ2) is 13.2. The van der Waals surface area contributed by atoms with Crippen molar-refractivity contribution in [2.45, 2.75) is 103 Å². The summed E-state index contributed by atoms with van der Waals surface area (Å²) in [4.78, 5) is 22.9. The Hall–Kier alpha value is -1.10. The van der Waals surface area contributed by atoms with Gasteiger partial charge >= 0.3 is 11.9 Å². The summed E-state index contributed by atoms with van der Waals surface area (Å²) >= 11 is 0. The van der Waals surface area contributed by atoms with E-state index >= 15 is 0 Å². The van der Waals surface area contributed by atoms with Crippen molar-refractivity contribution >= 4 is 11.9 Å². The predicted octanol–water partition coefficient (Wildman–Crippen LogP) is 3.91. The number of aliphatic hydroxyl groups excluding tert-OH is 1. The van der Waals surface area contributed by atoms with Crippen molar-refractivity contribution in [3.05, 3.63) is 0 Å². The van der Waals surface area contributed by atoms with E-state index in [4.69, 9.17) is 14.6 Å². The lowest BCUT2D eigenvalue weighted by Gasteiger charge is -2.15. The number of rotatable bonds is 14. The van der Waals surface area contributed by atoms with Gasteiger partial charge in [-0.25, -0.2) is 0 Å². The number of hydrogen-bond acceptors (Lipinski definition) is 5. The lowest BCUT2D eigenvalue weighted by Crippen LogP contribution is -2.30. The lowest BCUT2D eigenvalue weighted by atomic mass is 10.1. The molecule has 0 amide bonds. The summed E-state index contributed by atoms with van der Waals surface area (Å²) in [5.41, 5.74) is 0. The molecular formula is C19H34O5. The average molecular weight is 342 g/mol. The molecular weight excluding hydrogens is 308 g/mol. The Morgan fingerprint density at radius 2 is 1.58 bits per heavy atom. The van der Waals surface area contributed by atoms with E-state index in [2.05, 4.69) is 6.92 Å². The molecule has 1 rings (SSSR count). The molecule has 0 unspecified atom stereocenters. The third-order valence-electron chi connectivity index (χ3n) is 4.51. The first kappa shape index (κ1) is 20.9. The molecule has 0 aromatic rings. The van der Waals surface area contributed by atoms with Gasteiger partial charge in [-0.15, -0.1) is 0 Å². The zero-order valence-corrected chi connectivity index (χ0v) is 15.1. The van der Waals surface area contributed by atoms with Crippen LogP contribution in [0, 0.1) is 0 Å². The Balaban J connectivity index is 1.92. The van der Waals surface area contributed by atoms with Crippen molar-refractivity contribution in [3.63, 3.8) is 0 Å².